The molecule has 1 aliphatic rings. The lowest BCUT2D eigenvalue weighted by Gasteiger charge is -2.13. The molecular formula is C16H28IN5O3S2. The number of thiazole rings is 1. The standard InChI is InChI=1S/C16H27N5O3S2.HI/c1-3-17-16(19-8-5-15-20-10-12(2)25-15)18-7-4-14(22)21-13-6-9-26(23,24)11-13;/h10,13H,3-9,11H2,1-2H3,(H,21,22)(H2,17,18,19);1H. The monoisotopic (exact) mass is 529 g/mol. The van der Waals surface area contributed by atoms with E-state index in [0.717, 1.165) is 18.0 Å². The van der Waals surface area contributed by atoms with E-state index in [0.29, 0.717) is 25.5 Å². The lowest BCUT2D eigenvalue weighted by molar-refractivity contribution is -0.121. The van der Waals surface area contributed by atoms with E-state index in [1.807, 2.05) is 20.0 Å². The quantitative estimate of drug-likeness (QED) is 0.262. The van der Waals surface area contributed by atoms with Gasteiger partial charge in [0, 0.05) is 49.6 Å². The molecule has 1 unspecified atom stereocenters. The second-order valence-electron chi connectivity index (χ2n) is 6.22. The van der Waals surface area contributed by atoms with Gasteiger partial charge in [-0.05, 0) is 20.3 Å². The maximum Gasteiger partial charge on any atom is 0.222 e. The maximum atomic E-state index is 11.9. The van der Waals surface area contributed by atoms with Crippen molar-refractivity contribution >= 4 is 57.0 Å². The number of nitrogens with one attached hydrogen (secondary N) is 3. The fraction of sp³-hybridized carbons (Fsp3) is 0.688. The van der Waals surface area contributed by atoms with Gasteiger partial charge in [0.15, 0.2) is 15.8 Å². The molecule has 0 aromatic carbocycles. The van der Waals surface area contributed by atoms with Crippen LogP contribution in [0.2, 0.25) is 0 Å². The lowest BCUT2D eigenvalue weighted by atomic mass is 10.2. The number of hydrogen-bond acceptors (Lipinski definition) is 6. The number of hydrogen-bond donors (Lipinski definition) is 3. The van der Waals surface area contributed by atoms with Crippen molar-refractivity contribution in [1.29, 1.82) is 0 Å². The van der Waals surface area contributed by atoms with E-state index in [1.165, 1.54) is 4.88 Å². The lowest BCUT2D eigenvalue weighted by Crippen LogP contribution is -2.41. The Balaban J connectivity index is 0.00000364. The summed E-state index contributed by atoms with van der Waals surface area (Å²) in [5, 5.41) is 10.1. The normalized spacial score (nSPS) is 18.6. The third-order valence-corrected chi connectivity index (χ3v) is 6.59. The highest BCUT2D eigenvalue weighted by Gasteiger charge is 2.28. The highest BCUT2D eigenvalue weighted by Crippen LogP contribution is 2.12. The van der Waals surface area contributed by atoms with Crippen molar-refractivity contribution in [2.24, 2.45) is 4.99 Å². The van der Waals surface area contributed by atoms with Crippen LogP contribution in [0.15, 0.2) is 11.2 Å². The molecule has 3 N–H and O–H groups in total. The van der Waals surface area contributed by atoms with Gasteiger partial charge < -0.3 is 16.0 Å². The smallest absolute Gasteiger partial charge is 0.222 e. The zero-order valence-electron chi connectivity index (χ0n) is 15.7. The number of sulfone groups is 1. The number of carbonyl (C=O) groups is 1. The molecule has 1 fully saturated rings. The van der Waals surface area contributed by atoms with E-state index >= 15 is 0 Å². The van der Waals surface area contributed by atoms with Gasteiger partial charge in [0.25, 0.3) is 0 Å². The molecule has 1 aliphatic heterocycles. The Morgan fingerprint density at radius 3 is 2.78 bits per heavy atom. The topological polar surface area (TPSA) is 113 Å². The van der Waals surface area contributed by atoms with Gasteiger partial charge in [0.2, 0.25) is 5.91 Å². The molecule has 154 valence electrons. The van der Waals surface area contributed by atoms with Gasteiger partial charge in [-0.1, -0.05) is 0 Å². The molecule has 1 atom stereocenters. The highest BCUT2D eigenvalue weighted by atomic mass is 127. The van der Waals surface area contributed by atoms with Gasteiger partial charge >= 0.3 is 0 Å². The van der Waals surface area contributed by atoms with E-state index in [2.05, 4.69) is 25.9 Å². The van der Waals surface area contributed by atoms with Crippen LogP contribution in [0.4, 0.5) is 0 Å². The number of halogens is 1. The van der Waals surface area contributed by atoms with Gasteiger partial charge in [-0.3, -0.25) is 9.79 Å². The number of carbonyl (C=O) groups excluding carboxylic acids is 1. The van der Waals surface area contributed by atoms with Crippen molar-refractivity contribution in [3.05, 3.63) is 16.1 Å². The minimum absolute atomic E-state index is 0. The second-order valence-corrected chi connectivity index (χ2v) is 9.77. The third-order valence-electron chi connectivity index (χ3n) is 3.85. The summed E-state index contributed by atoms with van der Waals surface area (Å²) >= 11 is 1.67. The number of aromatic nitrogens is 1. The largest absolute Gasteiger partial charge is 0.357 e. The minimum atomic E-state index is -2.98. The predicted octanol–water partition coefficient (Wildman–Crippen LogP) is 0.861. The zero-order valence-corrected chi connectivity index (χ0v) is 19.6. The van der Waals surface area contributed by atoms with Crippen LogP contribution < -0.4 is 16.0 Å². The Morgan fingerprint density at radius 1 is 1.41 bits per heavy atom. The molecule has 0 saturated carbocycles. The number of guanidine groups is 1. The van der Waals surface area contributed by atoms with Gasteiger partial charge in [0.05, 0.1) is 16.5 Å². The maximum absolute atomic E-state index is 11.9. The highest BCUT2D eigenvalue weighted by molar-refractivity contribution is 14.0. The Hall–Kier alpha value is -0.950. The molecular weight excluding hydrogens is 501 g/mol. The van der Waals surface area contributed by atoms with Crippen LogP contribution in [0.3, 0.4) is 0 Å². The van der Waals surface area contributed by atoms with Crippen molar-refractivity contribution in [3.8, 4) is 0 Å². The fourth-order valence-corrected chi connectivity index (χ4v) is 5.07. The van der Waals surface area contributed by atoms with Gasteiger partial charge in [-0.2, -0.15) is 0 Å². The fourth-order valence-electron chi connectivity index (χ4n) is 2.63. The number of aliphatic imine (C=N–C) groups is 1. The SMILES string of the molecule is CCNC(=NCCc1ncc(C)s1)NCCC(=O)NC1CCS(=O)(=O)C1.I. The minimum Gasteiger partial charge on any atom is -0.357 e. The van der Waals surface area contributed by atoms with Crippen LogP contribution in [0.25, 0.3) is 0 Å². The van der Waals surface area contributed by atoms with E-state index in [4.69, 9.17) is 0 Å². The number of rotatable bonds is 8. The van der Waals surface area contributed by atoms with E-state index in [9.17, 15) is 13.2 Å². The summed E-state index contributed by atoms with van der Waals surface area (Å²) in [7, 11) is -2.98. The molecule has 0 bridgehead atoms. The Labute approximate surface area is 182 Å². The average molecular weight is 529 g/mol. The van der Waals surface area contributed by atoms with Crippen LogP contribution in [0, 0.1) is 6.92 Å². The first kappa shape index (κ1) is 24.1. The molecule has 0 aliphatic carbocycles. The molecule has 27 heavy (non-hydrogen) atoms. The molecule has 1 aromatic rings. The summed E-state index contributed by atoms with van der Waals surface area (Å²) in [4.78, 5) is 21.9. The molecule has 0 radical (unpaired) electrons. The summed E-state index contributed by atoms with van der Waals surface area (Å²) in [5.74, 6) is 0.726. The van der Waals surface area contributed by atoms with Crippen molar-refractivity contribution in [3.63, 3.8) is 0 Å². The molecule has 2 rings (SSSR count). The number of amides is 1. The van der Waals surface area contributed by atoms with E-state index in [1.54, 1.807) is 11.3 Å². The zero-order chi connectivity index (χ0) is 19.0. The summed E-state index contributed by atoms with van der Waals surface area (Å²) in [6, 6.07) is -0.254. The van der Waals surface area contributed by atoms with E-state index < -0.39 is 9.84 Å². The Bertz CT molecular complexity index is 736. The van der Waals surface area contributed by atoms with Crippen molar-refractivity contribution in [1.82, 2.24) is 20.9 Å². The molecule has 0 spiro atoms. The number of aryl methyl sites for hydroxylation is 1. The van der Waals surface area contributed by atoms with Crippen LogP contribution in [0.1, 0.15) is 29.7 Å². The summed E-state index contributed by atoms with van der Waals surface area (Å²) in [5.41, 5.74) is 0. The Kier molecular flexibility index (Phi) is 10.5. The third kappa shape index (κ3) is 9.19. The first-order valence-corrected chi connectivity index (χ1v) is 11.4. The predicted molar refractivity (Wildman–Crippen MR) is 120 cm³/mol. The van der Waals surface area contributed by atoms with Crippen LogP contribution >= 0.6 is 35.3 Å². The summed E-state index contributed by atoms with van der Waals surface area (Å²) < 4.78 is 22.8. The number of nitrogens with zero attached hydrogens (tertiary/aromatic N) is 2. The van der Waals surface area contributed by atoms with Crippen LogP contribution in [0.5, 0.6) is 0 Å². The van der Waals surface area contributed by atoms with Crippen LogP contribution in [-0.4, -0.2) is 62.5 Å². The van der Waals surface area contributed by atoms with Gasteiger partial charge in [-0.15, -0.1) is 35.3 Å². The summed E-state index contributed by atoms with van der Waals surface area (Å²) in [6.07, 6.45) is 3.42. The molecule has 1 aromatic heterocycles. The van der Waals surface area contributed by atoms with Crippen LogP contribution in [-0.2, 0) is 21.1 Å². The first-order chi connectivity index (χ1) is 12.4. The molecule has 2 heterocycles. The average Bonchev–Trinajstić information content (AvgIpc) is 3.12. The molecule has 1 saturated heterocycles. The first-order valence-electron chi connectivity index (χ1n) is 8.81. The van der Waals surface area contributed by atoms with Crippen molar-refractivity contribution in [2.75, 3.05) is 31.1 Å². The van der Waals surface area contributed by atoms with Gasteiger partial charge in [0.1, 0.15) is 0 Å². The van der Waals surface area contributed by atoms with Gasteiger partial charge in [-0.25, -0.2) is 13.4 Å². The molecule has 11 heteroatoms. The Morgan fingerprint density at radius 2 is 2.19 bits per heavy atom. The second kappa shape index (κ2) is 11.8. The van der Waals surface area contributed by atoms with Crippen molar-refractivity contribution < 1.29 is 13.2 Å². The van der Waals surface area contributed by atoms with E-state index in [-0.39, 0.29) is 53.9 Å². The molecule has 8 nitrogen and oxygen atoms in total. The summed E-state index contributed by atoms with van der Waals surface area (Å²) in [6.45, 7) is 5.80. The van der Waals surface area contributed by atoms with Crippen molar-refractivity contribution in [2.45, 2.75) is 39.2 Å². The molecule has 1 amide bonds.